The molecule has 1 fully saturated rings. The lowest BCUT2D eigenvalue weighted by Gasteiger charge is -2.29. The Hall–Kier alpha value is -3.26. The van der Waals surface area contributed by atoms with Crippen LogP contribution < -0.4 is 15.0 Å². The first-order valence-corrected chi connectivity index (χ1v) is 9.95. The zero-order valence-electron chi connectivity index (χ0n) is 17.4. The summed E-state index contributed by atoms with van der Waals surface area (Å²) < 4.78 is 10.8. The van der Waals surface area contributed by atoms with Crippen LogP contribution in [0.15, 0.2) is 30.3 Å². The molecule has 1 saturated heterocycles. The predicted molar refractivity (Wildman–Crippen MR) is 114 cm³/mol. The molecule has 1 N–H and O–H groups in total. The van der Waals surface area contributed by atoms with Gasteiger partial charge in [0.05, 0.1) is 25.7 Å². The van der Waals surface area contributed by atoms with Crippen LogP contribution in [0.5, 0.6) is 5.75 Å². The number of nitrogens with one attached hydrogen (secondary N) is 1. The van der Waals surface area contributed by atoms with Crippen molar-refractivity contribution in [3.05, 3.63) is 53.0 Å². The van der Waals surface area contributed by atoms with Gasteiger partial charge in [-0.05, 0) is 31.5 Å². The summed E-state index contributed by atoms with van der Waals surface area (Å²) >= 11 is 0. The van der Waals surface area contributed by atoms with E-state index in [1.165, 1.54) is 0 Å². The van der Waals surface area contributed by atoms with Gasteiger partial charge in [-0.2, -0.15) is 0 Å². The quantitative estimate of drug-likeness (QED) is 0.695. The summed E-state index contributed by atoms with van der Waals surface area (Å²) in [6.45, 7) is 6.93. The molecule has 1 aliphatic heterocycles. The number of hydrogen-bond donors (Lipinski definition) is 1. The Bertz CT molecular complexity index is 1080. The standard InChI is InChI=1S/C22H25N5O3/c1-14-12-15(2)24-19-18(14)21(27-8-10-30-11-9-27)26-20(25-19)22(28)23-13-16-6-4-5-7-17(16)29-3/h4-7,12H,8-11,13H2,1-3H3,(H,23,28). The molecule has 0 radical (unpaired) electrons. The summed E-state index contributed by atoms with van der Waals surface area (Å²) in [7, 11) is 1.61. The predicted octanol–water partition coefficient (Wildman–Crippen LogP) is 2.42. The third-order valence-electron chi connectivity index (χ3n) is 5.12. The van der Waals surface area contributed by atoms with Crippen molar-refractivity contribution in [1.82, 2.24) is 20.3 Å². The van der Waals surface area contributed by atoms with Gasteiger partial charge in [0.2, 0.25) is 5.82 Å². The molecule has 1 amide bonds. The third kappa shape index (κ3) is 4.04. The molecule has 0 aliphatic carbocycles. The van der Waals surface area contributed by atoms with Crippen LogP contribution in [0.4, 0.5) is 5.82 Å². The second-order valence-corrected chi connectivity index (χ2v) is 7.24. The number of amides is 1. The Balaban J connectivity index is 1.68. The minimum Gasteiger partial charge on any atom is -0.496 e. The molecule has 1 aromatic carbocycles. The summed E-state index contributed by atoms with van der Waals surface area (Å²) in [5.74, 6) is 1.21. The summed E-state index contributed by atoms with van der Waals surface area (Å²) in [6, 6.07) is 9.58. The summed E-state index contributed by atoms with van der Waals surface area (Å²) in [5, 5.41) is 3.78. The largest absolute Gasteiger partial charge is 0.496 e. The summed E-state index contributed by atoms with van der Waals surface area (Å²) in [5.41, 5.74) is 3.31. The fraction of sp³-hybridized carbons (Fsp3) is 0.364. The van der Waals surface area contributed by atoms with Crippen LogP contribution in [0, 0.1) is 13.8 Å². The number of morpholine rings is 1. The monoisotopic (exact) mass is 407 g/mol. The van der Waals surface area contributed by atoms with Crippen molar-refractivity contribution in [2.24, 2.45) is 0 Å². The van der Waals surface area contributed by atoms with Crippen LogP contribution in [0.2, 0.25) is 0 Å². The highest BCUT2D eigenvalue weighted by Crippen LogP contribution is 2.27. The number of methoxy groups -OCH3 is 1. The molecule has 4 rings (SSSR count). The van der Waals surface area contributed by atoms with Gasteiger partial charge in [-0.15, -0.1) is 0 Å². The summed E-state index contributed by atoms with van der Waals surface area (Å²) in [4.78, 5) is 28.8. The maximum Gasteiger partial charge on any atom is 0.289 e. The number of rotatable bonds is 5. The van der Waals surface area contributed by atoms with E-state index in [9.17, 15) is 4.79 Å². The first-order chi connectivity index (χ1) is 14.6. The van der Waals surface area contributed by atoms with Gasteiger partial charge in [-0.3, -0.25) is 4.79 Å². The van der Waals surface area contributed by atoms with E-state index in [1.54, 1.807) is 7.11 Å². The van der Waals surface area contributed by atoms with E-state index in [0.717, 1.165) is 33.8 Å². The number of ether oxygens (including phenoxy) is 2. The minimum absolute atomic E-state index is 0.108. The number of anilines is 1. The van der Waals surface area contributed by atoms with E-state index in [1.807, 2.05) is 44.2 Å². The smallest absolute Gasteiger partial charge is 0.289 e. The van der Waals surface area contributed by atoms with Crippen molar-refractivity contribution < 1.29 is 14.3 Å². The van der Waals surface area contributed by atoms with Gasteiger partial charge in [0.15, 0.2) is 5.65 Å². The molecule has 0 spiro atoms. The van der Waals surface area contributed by atoms with Crippen molar-refractivity contribution >= 4 is 22.8 Å². The number of hydrogen-bond acceptors (Lipinski definition) is 7. The van der Waals surface area contributed by atoms with Crippen molar-refractivity contribution in [2.75, 3.05) is 38.3 Å². The molecular weight excluding hydrogens is 382 g/mol. The molecule has 3 heterocycles. The zero-order chi connectivity index (χ0) is 21.1. The first-order valence-electron chi connectivity index (χ1n) is 9.95. The van der Waals surface area contributed by atoms with Crippen molar-refractivity contribution in [1.29, 1.82) is 0 Å². The molecule has 156 valence electrons. The highest BCUT2D eigenvalue weighted by molar-refractivity contribution is 5.96. The van der Waals surface area contributed by atoms with Gasteiger partial charge in [-0.25, -0.2) is 15.0 Å². The van der Waals surface area contributed by atoms with Crippen molar-refractivity contribution in [3.8, 4) is 5.75 Å². The number of nitrogens with zero attached hydrogens (tertiary/aromatic N) is 4. The molecule has 3 aromatic rings. The molecule has 2 aromatic heterocycles. The lowest BCUT2D eigenvalue weighted by atomic mass is 10.1. The first kappa shape index (κ1) is 20.0. The van der Waals surface area contributed by atoms with E-state index in [-0.39, 0.29) is 11.7 Å². The number of carbonyl (C=O) groups excluding carboxylic acids is 1. The van der Waals surface area contributed by atoms with Gasteiger partial charge >= 0.3 is 0 Å². The maximum absolute atomic E-state index is 12.9. The van der Waals surface area contributed by atoms with Crippen LogP contribution in [-0.2, 0) is 11.3 Å². The van der Waals surface area contributed by atoms with Crippen LogP contribution in [0.25, 0.3) is 11.0 Å². The second kappa shape index (κ2) is 8.62. The number of carbonyl (C=O) groups is 1. The number of benzene rings is 1. The average molecular weight is 407 g/mol. The second-order valence-electron chi connectivity index (χ2n) is 7.24. The van der Waals surface area contributed by atoms with Gasteiger partial charge in [0.25, 0.3) is 5.91 Å². The minimum atomic E-state index is -0.349. The lowest BCUT2D eigenvalue weighted by molar-refractivity contribution is 0.0940. The third-order valence-corrected chi connectivity index (χ3v) is 5.12. The van der Waals surface area contributed by atoms with Crippen LogP contribution in [0.1, 0.15) is 27.4 Å². The average Bonchev–Trinajstić information content (AvgIpc) is 2.77. The van der Waals surface area contributed by atoms with E-state index < -0.39 is 0 Å². The molecule has 30 heavy (non-hydrogen) atoms. The molecule has 0 atom stereocenters. The number of para-hydroxylation sites is 1. The summed E-state index contributed by atoms with van der Waals surface area (Å²) in [6.07, 6.45) is 0. The van der Waals surface area contributed by atoms with Crippen LogP contribution in [-0.4, -0.2) is 54.3 Å². The molecule has 8 nitrogen and oxygen atoms in total. The van der Waals surface area contributed by atoms with Crippen molar-refractivity contribution in [3.63, 3.8) is 0 Å². The molecular formula is C22H25N5O3. The van der Waals surface area contributed by atoms with Crippen LogP contribution in [0.3, 0.4) is 0 Å². The number of fused-ring (bicyclic) bond motifs is 1. The Kier molecular flexibility index (Phi) is 5.76. The molecule has 0 unspecified atom stereocenters. The SMILES string of the molecule is COc1ccccc1CNC(=O)c1nc(N2CCOCC2)c2c(C)cc(C)nc2n1. The van der Waals surface area contributed by atoms with E-state index in [2.05, 4.69) is 25.2 Å². The zero-order valence-corrected chi connectivity index (χ0v) is 17.4. The normalized spacial score (nSPS) is 14.0. The topological polar surface area (TPSA) is 89.5 Å². The Morgan fingerprint density at radius 3 is 2.70 bits per heavy atom. The Labute approximate surface area is 175 Å². The molecule has 8 heteroatoms. The highest BCUT2D eigenvalue weighted by Gasteiger charge is 2.22. The van der Waals surface area contributed by atoms with Gasteiger partial charge < -0.3 is 19.7 Å². The molecule has 0 saturated carbocycles. The maximum atomic E-state index is 12.9. The fourth-order valence-corrected chi connectivity index (χ4v) is 3.66. The Morgan fingerprint density at radius 1 is 1.17 bits per heavy atom. The fourth-order valence-electron chi connectivity index (χ4n) is 3.66. The van der Waals surface area contributed by atoms with E-state index in [0.29, 0.717) is 38.5 Å². The van der Waals surface area contributed by atoms with Crippen molar-refractivity contribution in [2.45, 2.75) is 20.4 Å². The van der Waals surface area contributed by atoms with E-state index >= 15 is 0 Å². The number of aryl methyl sites for hydroxylation is 2. The van der Waals surface area contributed by atoms with Crippen LogP contribution >= 0.6 is 0 Å². The lowest BCUT2D eigenvalue weighted by Crippen LogP contribution is -2.37. The van der Waals surface area contributed by atoms with Gasteiger partial charge in [-0.1, -0.05) is 18.2 Å². The van der Waals surface area contributed by atoms with Gasteiger partial charge in [0.1, 0.15) is 11.6 Å². The number of aromatic nitrogens is 3. The highest BCUT2D eigenvalue weighted by atomic mass is 16.5. The van der Waals surface area contributed by atoms with Gasteiger partial charge in [0, 0.05) is 30.9 Å². The number of pyridine rings is 1. The van der Waals surface area contributed by atoms with E-state index in [4.69, 9.17) is 9.47 Å². The molecule has 0 bridgehead atoms. The Morgan fingerprint density at radius 2 is 1.93 bits per heavy atom. The molecule has 1 aliphatic rings.